The van der Waals surface area contributed by atoms with Crippen LogP contribution in [0.5, 0.6) is 0 Å². The van der Waals surface area contributed by atoms with Crippen molar-refractivity contribution in [3.63, 3.8) is 0 Å². The summed E-state index contributed by atoms with van der Waals surface area (Å²) < 4.78 is 0. The summed E-state index contributed by atoms with van der Waals surface area (Å²) in [5.41, 5.74) is 1.58. The Labute approximate surface area is 181 Å². The zero-order valence-corrected chi connectivity index (χ0v) is 16.8. The smallest absolute Gasteiger partial charge is 0.296 e. The Morgan fingerprint density at radius 3 is 2.35 bits per heavy atom. The van der Waals surface area contributed by atoms with Gasteiger partial charge in [-0.05, 0) is 60.2 Å². The molecule has 0 unspecified atom stereocenters. The molecular weight excluding hydrogens is 416 g/mol. The van der Waals surface area contributed by atoms with Crippen LogP contribution in [0, 0.1) is 0 Å². The third-order valence-electron chi connectivity index (χ3n) is 4.52. The lowest BCUT2D eigenvalue weighted by molar-refractivity contribution is -0.114. The molecule has 2 heterocycles. The quantitative estimate of drug-likeness (QED) is 0.495. The number of nitrogens with zero attached hydrogens (tertiary/aromatic N) is 3. The first-order chi connectivity index (χ1) is 15.0. The molecule has 0 radical (unpaired) electrons. The normalized spacial score (nSPS) is 13.7. The molecule has 0 fully saturated rings. The number of hydrogen-bond acceptors (Lipinski definition) is 5. The first-order valence-electron chi connectivity index (χ1n) is 9.30. The molecule has 2 aromatic carbocycles. The van der Waals surface area contributed by atoms with Crippen molar-refractivity contribution in [3.8, 4) is 0 Å². The fraction of sp³-hybridized carbons (Fsp3) is 0.0435. The van der Waals surface area contributed by atoms with Crippen molar-refractivity contribution in [1.82, 2.24) is 10.3 Å². The third-order valence-corrected chi connectivity index (χ3v) is 4.77. The lowest BCUT2D eigenvalue weighted by Gasteiger charge is -2.07. The molecule has 4 rings (SSSR count). The van der Waals surface area contributed by atoms with Gasteiger partial charge in [0.1, 0.15) is 5.70 Å². The summed E-state index contributed by atoms with van der Waals surface area (Å²) in [6.07, 6.45) is 4.44. The van der Waals surface area contributed by atoms with Crippen molar-refractivity contribution in [2.45, 2.75) is 6.54 Å². The van der Waals surface area contributed by atoms with E-state index in [4.69, 9.17) is 11.6 Å². The van der Waals surface area contributed by atoms with E-state index in [2.05, 4.69) is 20.3 Å². The molecule has 7 nitrogen and oxygen atoms in total. The van der Waals surface area contributed by atoms with E-state index in [-0.39, 0.29) is 22.7 Å². The van der Waals surface area contributed by atoms with Crippen LogP contribution in [0.15, 0.2) is 88.7 Å². The van der Waals surface area contributed by atoms with E-state index in [9.17, 15) is 14.4 Å². The molecule has 1 aromatic heterocycles. The molecule has 1 aliphatic heterocycles. The van der Waals surface area contributed by atoms with Crippen molar-refractivity contribution in [3.05, 3.63) is 111 Å². The van der Waals surface area contributed by atoms with Gasteiger partial charge in [-0.2, -0.15) is 0 Å². The Morgan fingerprint density at radius 2 is 1.61 bits per heavy atom. The highest BCUT2D eigenvalue weighted by molar-refractivity contribution is 6.30. The maximum absolute atomic E-state index is 12.4. The molecule has 152 valence electrons. The number of fused-ring (bicyclic) bond motifs is 1. The minimum Gasteiger partial charge on any atom is -0.348 e. The summed E-state index contributed by atoms with van der Waals surface area (Å²) in [6, 6.07) is 14.6. The molecule has 0 saturated heterocycles. The predicted molar refractivity (Wildman–Crippen MR) is 113 cm³/mol. The standard InChI is InChI=1S/C23H15ClN4O3/c24-17-4-1-15(2-5-17)21(29)12-20-23(31)28-19-11-16(3-6-18(19)27-20)22(30)26-13-14-7-9-25-10-8-14/h1-12H,13H2,(H,26,30)/b20-12-. The van der Waals surface area contributed by atoms with E-state index >= 15 is 0 Å². The Morgan fingerprint density at radius 1 is 0.903 bits per heavy atom. The number of carbonyl (C=O) groups excluding carboxylic acids is 3. The number of allylic oxidation sites excluding steroid dienone is 1. The first-order valence-corrected chi connectivity index (χ1v) is 9.68. The van der Waals surface area contributed by atoms with E-state index in [1.807, 2.05) is 0 Å². The summed E-state index contributed by atoms with van der Waals surface area (Å²) in [7, 11) is 0. The van der Waals surface area contributed by atoms with Crippen molar-refractivity contribution in [2.75, 3.05) is 0 Å². The van der Waals surface area contributed by atoms with E-state index in [0.29, 0.717) is 28.1 Å². The SMILES string of the molecule is O=C1N=c2cc(C(=O)NCc3ccncc3)ccc2=N/C1=C\C(=O)c1ccc(Cl)cc1. The summed E-state index contributed by atoms with van der Waals surface area (Å²) >= 11 is 5.83. The van der Waals surface area contributed by atoms with Crippen LogP contribution in [0.2, 0.25) is 5.02 Å². The molecule has 0 spiro atoms. The average Bonchev–Trinajstić information content (AvgIpc) is 2.78. The molecule has 0 aliphatic carbocycles. The van der Waals surface area contributed by atoms with Crippen LogP contribution in [-0.4, -0.2) is 22.6 Å². The number of ketones is 1. The molecule has 3 aromatic rings. The number of benzene rings is 2. The highest BCUT2D eigenvalue weighted by Crippen LogP contribution is 2.12. The van der Waals surface area contributed by atoms with Crippen molar-refractivity contribution < 1.29 is 14.4 Å². The summed E-state index contributed by atoms with van der Waals surface area (Å²) in [4.78, 5) is 49.3. The Kier molecular flexibility index (Phi) is 5.77. The zero-order valence-electron chi connectivity index (χ0n) is 16.1. The topological polar surface area (TPSA) is 101 Å². The van der Waals surface area contributed by atoms with Gasteiger partial charge in [0, 0.05) is 41.2 Å². The second-order valence-electron chi connectivity index (χ2n) is 6.67. The molecule has 2 amide bonds. The number of hydrogen-bond donors (Lipinski definition) is 1. The van der Waals surface area contributed by atoms with E-state index in [1.165, 1.54) is 6.07 Å². The largest absolute Gasteiger partial charge is 0.348 e. The van der Waals surface area contributed by atoms with Crippen LogP contribution < -0.4 is 16.0 Å². The second kappa shape index (κ2) is 8.81. The van der Waals surface area contributed by atoms with Gasteiger partial charge >= 0.3 is 0 Å². The van der Waals surface area contributed by atoms with Crippen LogP contribution >= 0.6 is 11.6 Å². The van der Waals surface area contributed by atoms with Crippen LogP contribution in [0.3, 0.4) is 0 Å². The van der Waals surface area contributed by atoms with E-state index < -0.39 is 5.91 Å². The van der Waals surface area contributed by atoms with E-state index in [0.717, 1.165) is 11.6 Å². The van der Waals surface area contributed by atoms with Gasteiger partial charge in [0.2, 0.25) is 0 Å². The fourth-order valence-corrected chi connectivity index (χ4v) is 3.02. The van der Waals surface area contributed by atoms with Gasteiger partial charge < -0.3 is 5.32 Å². The minimum absolute atomic E-state index is 0.0673. The monoisotopic (exact) mass is 430 g/mol. The van der Waals surface area contributed by atoms with Crippen LogP contribution in [-0.2, 0) is 11.3 Å². The number of amides is 2. The third kappa shape index (κ3) is 4.79. The maximum atomic E-state index is 12.4. The number of halogens is 1. The van der Waals surface area contributed by atoms with Crippen molar-refractivity contribution in [1.29, 1.82) is 0 Å². The van der Waals surface area contributed by atoms with Gasteiger partial charge in [-0.3, -0.25) is 19.4 Å². The highest BCUT2D eigenvalue weighted by Gasteiger charge is 2.16. The summed E-state index contributed by atoms with van der Waals surface area (Å²) in [5, 5.41) is 3.99. The lowest BCUT2D eigenvalue weighted by Crippen LogP contribution is -2.33. The predicted octanol–water partition coefficient (Wildman–Crippen LogP) is 2.21. The van der Waals surface area contributed by atoms with Gasteiger partial charge in [0.15, 0.2) is 5.78 Å². The molecule has 0 bridgehead atoms. The molecule has 8 heteroatoms. The number of pyridine rings is 1. The van der Waals surface area contributed by atoms with Gasteiger partial charge in [-0.25, -0.2) is 9.98 Å². The Hall–Kier alpha value is -3.97. The lowest BCUT2D eigenvalue weighted by atomic mass is 10.1. The van der Waals surface area contributed by atoms with Crippen LogP contribution in [0.1, 0.15) is 26.3 Å². The number of aromatic nitrogens is 1. The molecule has 0 atom stereocenters. The average molecular weight is 431 g/mol. The minimum atomic E-state index is -0.649. The maximum Gasteiger partial charge on any atom is 0.296 e. The van der Waals surface area contributed by atoms with Gasteiger partial charge in [0.25, 0.3) is 11.8 Å². The van der Waals surface area contributed by atoms with Gasteiger partial charge in [-0.15, -0.1) is 0 Å². The fourth-order valence-electron chi connectivity index (χ4n) is 2.89. The molecule has 31 heavy (non-hydrogen) atoms. The molecule has 0 saturated carbocycles. The summed E-state index contributed by atoms with van der Waals surface area (Å²) in [6.45, 7) is 0.346. The number of carbonyl (C=O) groups is 3. The first kappa shape index (κ1) is 20.3. The van der Waals surface area contributed by atoms with Gasteiger partial charge in [0.05, 0.1) is 10.7 Å². The van der Waals surface area contributed by atoms with Crippen molar-refractivity contribution in [2.24, 2.45) is 9.98 Å². The van der Waals surface area contributed by atoms with Crippen LogP contribution in [0.25, 0.3) is 0 Å². The molecule has 1 N–H and O–H groups in total. The summed E-state index contributed by atoms with van der Waals surface area (Å²) in [5.74, 6) is -1.33. The van der Waals surface area contributed by atoms with Crippen molar-refractivity contribution >= 4 is 29.2 Å². The molecular formula is C23H15ClN4O3. The zero-order chi connectivity index (χ0) is 21.8. The molecule has 1 aliphatic rings. The van der Waals surface area contributed by atoms with Gasteiger partial charge in [-0.1, -0.05) is 11.6 Å². The Balaban J connectivity index is 1.55. The Bertz CT molecular complexity index is 1330. The number of nitrogens with one attached hydrogen (secondary N) is 1. The number of rotatable bonds is 5. The second-order valence-corrected chi connectivity index (χ2v) is 7.11. The van der Waals surface area contributed by atoms with E-state index in [1.54, 1.807) is 60.9 Å². The highest BCUT2D eigenvalue weighted by atomic mass is 35.5. The van der Waals surface area contributed by atoms with Crippen LogP contribution in [0.4, 0.5) is 0 Å².